The summed E-state index contributed by atoms with van der Waals surface area (Å²) in [6, 6.07) is 29.8. The molecule has 144 valence electrons. The van der Waals surface area contributed by atoms with E-state index in [4.69, 9.17) is 0 Å². The molecular weight excluding hydrogens is 382 g/mol. The van der Waals surface area contributed by atoms with Crippen LogP contribution in [0.25, 0.3) is 0 Å². The van der Waals surface area contributed by atoms with Crippen LogP contribution in [-0.4, -0.2) is 0 Å². The van der Waals surface area contributed by atoms with Crippen molar-refractivity contribution in [2.45, 2.75) is 22.6 Å². The smallest absolute Gasteiger partial charge is 0.123 e. The molecule has 0 spiro atoms. The lowest BCUT2D eigenvalue weighted by molar-refractivity contribution is 0.624. The van der Waals surface area contributed by atoms with E-state index >= 15 is 0 Å². The topological polar surface area (TPSA) is 0 Å². The first kappa shape index (κ1) is 19.4. The van der Waals surface area contributed by atoms with Crippen molar-refractivity contribution in [3.8, 4) is 0 Å². The summed E-state index contributed by atoms with van der Waals surface area (Å²) < 4.78 is 27.9. The molecule has 0 nitrogen and oxygen atoms in total. The zero-order valence-corrected chi connectivity index (χ0v) is 16.6. The molecule has 0 atom stereocenters. The maximum atomic E-state index is 13.9. The molecule has 0 amide bonds. The minimum absolute atomic E-state index is 0.246. The lowest BCUT2D eigenvalue weighted by Crippen LogP contribution is -1.95. The molecule has 0 radical (unpaired) electrons. The summed E-state index contributed by atoms with van der Waals surface area (Å²) in [6.07, 6.45) is 1.30. The number of hydrogen-bond donors (Lipinski definition) is 0. The van der Waals surface area contributed by atoms with E-state index in [2.05, 4.69) is 0 Å². The van der Waals surface area contributed by atoms with E-state index in [0.717, 1.165) is 32.0 Å². The minimum atomic E-state index is -0.246. The van der Waals surface area contributed by atoms with E-state index in [-0.39, 0.29) is 11.6 Å². The second-order valence-electron chi connectivity index (χ2n) is 6.93. The molecule has 0 fully saturated rings. The van der Waals surface area contributed by atoms with Crippen LogP contribution in [0.5, 0.6) is 0 Å². The highest BCUT2D eigenvalue weighted by Gasteiger charge is 2.12. The summed E-state index contributed by atoms with van der Waals surface area (Å²) in [7, 11) is 0. The molecule has 4 rings (SSSR count). The van der Waals surface area contributed by atoms with Gasteiger partial charge in [0.15, 0.2) is 0 Å². The van der Waals surface area contributed by atoms with Gasteiger partial charge >= 0.3 is 0 Å². The molecule has 4 aromatic rings. The molecule has 4 aromatic carbocycles. The van der Waals surface area contributed by atoms with Gasteiger partial charge in [-0.15, -0.1) is 0 Å². The van der Waals surface area contributed by atoms with E-state index in [1.54, 1.807) is 23.9 Å². The van der Waals surface area contributed by atoms with Crippen molar-refractivity contribution in [1.29, 1.82) is 0 Å². The molecule has 29 heavy (non-hydrogen) atoms. The fourth-order valence-electron chi connectivity index (χ4n) is 3.32. The molecule has 0 heterocycles. The van der Waals surface area contributed by atoms with E-state index in [0.29, 0.717) is 12.8 Å². The lowest BCUT2D eigenvalue weighted by atomic mass is 10.0. The summed E-state index contributed by atoms with van der Waals surface area (Å²) in [5, 5.41) is 0. The van der Waals surface area contributed by atoms with Crippen molar-refractivity contribution < 1.29 is 8.78 Å². The zero-order valence-electron chi connectivity index (χ0n) is 15.8. The SMILES string of the molecule is Fc1ccc(Sc2ccc(F)cc2Cc2ccccc2)c(Cc2ccccc2)c1. The van der Waals surface area contributed by atoms with E-state index in [1.165, 1.54) is 12.1 Å². The second-order valence-corrected chi connectivity index (χ2v) is 8.01. The number of halogens is 2. The van der Waals surface area contributed by atoms with Crippen LogP contribution in [0, 0.1) is 11.6 Å². The fraction of sp³-hybridized carbons (Fsp3) is 0.0769. The Morgan fingerprint density at radius 2 is 0.931 bits per heavy atom. The molecule has 0 saturated heterocycles. The van der Waals surface area contributed by atoms with Gasteiger partial charge < -0.3 is 0 Å². The first-order valence-corrected chi connectivity index (χ1v) is 10.3. The average molecular weight is 403 g/mol. The van der Waals surface area contributed by atoms with Crippen molar-refractivity contribution in [1.82, 2.24) is 0 Å². The van der Waals surface area contributed by atoms with Crippen molar-refractivity contribution in [2.75, 3.05) is 0 Å². The monoisotopic (exact) mass is 402 g/mol. The standard InChI is InChI=1S/C26H20F2S/c27-23-11-13-25(21(17-23)15-19-7-3-1-4-8-19)29-26-14-12-24(28)18-22(26)16-20-9-5-2-6-10-20/h1-14,17-18H,15-16H2. The highest BCUT2D eigenvalue weighted by atomic mass is 32.2. The Balaban J connectivity index is 1.66. The van der Waals surface area contributed by atoms with Gasteiger partial charge in [-0.25, -0.2) is 8.78 Å². The van der Waals surface area contributed by atoms with Crippen LogP contribution in [0.4, 0.5) is 8.78 Å². The van der Waals surface area contributed by atoms with Crippen LogP contribution in [0.1, 0.15) is 22.3 Å². The summed E-state index contributed by atoms with van der Waals surface area (Å²) in [5.74, 6) is -0.493. The van der Waals surface area contributed by atoms with Gasteiger partial charge in [0.05, 0.1) is 0 Å². The Morgan fingerprint density at radius 1 is 0.517 bits per heavy atom. The maximum Gasteiger partial charge on any atom is 0.123 e. The highest BCUT2D eigenvalue weighted by molar-refractivity contribution is 7.99. The van der Waals surface area contributed by atoms with Crippen LogP contribution in [0.3, 0.4) is 0 Å². The predicted molar refractivity (Wildman–Crippen MR) is 115 cm³/mol. The molecule has 0 bridgehead atoms. The van der Waals surface area contributed by atoms with Gasteiger partial charge in [-0.1, -0.05) is 72.4 Å². The summed E-state index contributed by atoms with van der Waals surface area (Å²) in [5.41, 5.74) is 4.11. The van der Waals surface area contributed by atoms with Crippen LogP contribution in [0.2, 0.25) is 0 Å². The average Bonchev–Trinajstić information content (AvgIpc) is 2.73. The molecule has 0 aliphatic rings. The summed E-state index contributed by atoms with van der Waals surface area (Å²) in [4.78, 5) is 1.97. The van der Waals surface area contributed by atoms with E-state index in [9.17, 15) is 8.78 Å². The van der Waals surface area contributed by atoms with Gasteiger partial charge in [-0.2, -0.15) is 0 Å². The quantitative estimate of drug-likeness (QED) is 0.326. The summed E-state index contributed by atoms with van der Waals surface area (Å²) >= 11 is 1.56. The molecule has 0 unspecified atom stereocenters. The molecule has 0 saturated carbocycles. The van der Waals surface area contributed by atoms with Crippen LogP contribution in [0.15, 0.2) is 107 Å². The Morgan fingerprint density at radius 3 is 1.34 bits per heavy atom. The second kappa shape index (κ2) is 9.06. The van der Waals surface area contributed by atoms with Gasteiger partial charge in [0.1, 0.15) is 11.6 Å². The Labute approximate surface area is 174 Å². The van der Waals surface area contributed by atoms with Crippen LogP contribution < -0.4 is 0 Å². The third-order valence-corrected chi connectivity index (χ3v) is 5.98. The maximum absolute atomic E-state index is 13.9. The molecular formula is C26H20F2S. The molecule has 0 aliphatic heterocycles. The number of rotatable bonds is 6. The lowest BCUT2D eigenvalue weighted by Gasteiger charge is -2.13. The van der Waals surface area contributed by atoms with Crippen molar-refractivity contribution in [2.24, 2.45) is 0 Å². The van der Waals surface area contributed by atoms with Crippen molar-refractivity contribution >= 4 is 11.8 Å². The zero-order chi connectivity index (χ0) is 20.1. The highest BCUT2D eigenvalue weighted by Crippen LogP contribution is 2.35. The number of hydrogen-bond acceptors (Lipinski definition) is 1. The Kier molecular flexibility index (Phi) is 6.06. The van der Waals surface area contributed by atoms with E-state index < -0.39 is 0 Å². The predicted octanol–water partition coefficient (Wildman–Crippen LogP) is 7.30. The van der Waals surface area contributed by atoms with Crippen molar-refractivity contribution in [3.63, 3.8) is 0 Å². The van der Waals surface area contributed by atoms with Crippen molar-refractivity contribution in [3.05, 3.63) is 131 Å². The molecule has 0 N–H and O–H groups in total. The van der Waals surface area contributed by atoms with Gasteiger partial charge in [-0.05, 0) is 71.5 Å². The van der Waals surface area contributed by atoms with Crippen LogP contribution >= 0.6 is 11.8 Å². The normalized spacial score (nSPS) is 10.8. The Bertz CT molecular complexity index is 1000. The van der Waals surface area contributed by atoms with Crippen LogP contribution in [-0.2, 0) is 12.8 Å². The van der Waals surface area contributed by atoms with Gasteiger partial charge in [0.2, 0.25) is 0 Å². The third-order valence-electron chi connectivity index (χ3n) is 4.74. The summed E-state index contributed by atoms with van der Waals surface area (Å²) in [6.45, 7) is 0. The van der Waals surface area contributed by atoms with Gasteiger partial charge in [0.25, 0.3) is 0 Å². The van der Waals surface area contributed by atoms with E-state index in [1.807, 2.05) is 72.8 Å². The third kappa shape index (κ3) is 5.12. The first-order chi connectivity index (χ1) is 14.2. The molecule has 3 heteroatoms. The Hall–Kier alpha value is -2.91. The fourth-order valence-corrected chi connectivity index (χ4v) is 4.35. The first-order valence-electron chi connectivity index (χ1n) is 9.50. The largest absolute Gasteiger partial charge is 0.207 e. The van der Waals surface area contributed by atoms with Gasteiger partial charge in [0, 0.05) is 9.79 Å². The number of benzene rings is 4. The molecule has 0 aliphatic carbocycles. The molecule has 0 aromatic heterocycles. The minimum Gasteiger partial charge on any atom is -0.207 e. The van der Waals surface area contributed by atoms with Gasteiger partial charge in [-0.3, -0.25) is 0 Å².